The standard InChI is InChI=1S/C20H27N5O3/c26-20(27)17-12-18(16-13-21-25(19(16)22-17)15-2-1-3-15)24-6-4-14(5-7-24)23-8-10-28-11-9-23/h12-15H,1-11H2,(H,26,27). The van der Waals surface area contributed by atoms with Crippen molar-refractivity contribution in [3.63, 3.8) is 0 Å². The molecule has 0 bridgehead atoms. The summed E-state index contributed by atoms with van der Waals surface area (Å²) in [4.78, 5) is 21.0. The van der Waals surface area contributed by atoms with Gasteiger partial charge in [-0.1, -0.05) is 0 Å². The maximum Gasteiger partial charge on any atom is 0.354 e. The van der Waals surface area contributed by atoms with Gasteiger partial charge in [-0.3, -0.25) is 4.90 Å². The first-order valence-corrected chi connectivity index (χ1v) is 10.4. The van der Waals surface area contributed by atoms with Gasteiger partial charge in [-0.2, -0.15) is 5.10 Å². The van der Waals surface area contributed by atoms with Gasteiger partial charge < -0.3 is 14.7 Å². The number of morpholine rings is 1. The molecule has 2 saturated heterocycles. The fraction of sp³-hybridized carbons (Fsp3) is 0.650. The summed E-state index contributed by atoms with van der Waals surface area (Å²) < 4.78 is 7.42. The number of hydrogen-bond donors (Lipinski definition) is 1. The minimum absolute atomic E-state index is 0.110. The van der Waals surface area contributed by atoms with Crippen molar-refractivity contribution in [1.82, 2.24) is 19.7 Å². The smallest absolute Gasteiger partial charge is 0.354 e. The normalized spacial score (nSPS) is 22.5. The molecule has 0 atom stereocenters. The molecule has 4 heterocycles. The van der Waals surface area contributed by atoms with E-state index in [-0.39, 0.29) is 5.69 Å². The number of nitrogens with zero attached hydrogens (tertiary/aromatic N) is 5. The Morgan fingerprint density at radius 3 is 2.46 bits per heavy atom. The van der Waals surface area contributed by atoms with Gasteiger partial charge in [0, 0.05) is 32.2 Å². The number of piperidine rings is 1. The van der Waals surface area contributed by atoms with Crippen LogP contribution in [0.1, 0.15) is 48.6 Å². The third kappa shape index (κ3) is 3.14. The minimum atomic E-state index is -0.979. The first-order valence-electron chi connectivity index (χ1n) is 10.4. The van der Waals surface area contributed by atoms with E-state index in [1.807, 2.05) is 10.9 Å². The number of fused-ring (bicyclic) bond motifs is 1. The lowest BCUT2D eigenvalue weighted by Crippen LogP contribution is -2.49. The Hall–Kier alpha value is -2.19. The molecular formula is C20H27N5O3. The molecule has 0 aromatic carbocycles. The molecule has 2 aromatic heterocycles. The van der Waals surface area contributed by atoms with Gasteiger partial charge >= 0.3 is 5.97 Å². The van der Waals surface area contributed by atoms with Gasteiger partial charge in [0.15, 0.2) is 11.3 Å². The Balaban J connectivity index is 1.42. The Morgan fingerprint density at radius 1 is 1.07 bits per heavy atom. The van der Waals surface area contributed by atoms with Crippen molar-refractivity contribution in [2.24, 2.45) is 0 Å². The number of carboxylic acids is 1. The van der Waals surface area contributed by atoms with Gasteiger partial charge in [0.25, 0.3) is 0 Å². The van der Waals surface area contributed by atoms with Crippen LogP contribution >= 0.6 is 0 Å². The van der Waals surface area contributed by atoms with E-state index in [1.54, 1.807) is 6.07 Å². The Labute approximate surface area is 164 Å². The fourth-order valence-electron chi connectivity index (χ4n) is 4.69. The number of carboxylic acid groups (broad SMARTS) is 1. The molecule has 28 heavy (non-hydrogen) atoms. The van der Waals surface area contributed by atoms with E-state index in [4.69, 9.17) is 4.74 Å². The number of rotatable bonds is 4. The van der Waals surface area contributed by atoms with Crippen LogP contribution in [0.4, 0.5) is 5.69 Å². The number of ether oxygens (including phenoxy) is 1. The predicted octanol–water partition coefficient (Wildman–Crippen LogP) is 2.16. The molecule has 2 aliphatic heterocycles. The summed E-state index contributed by atoms with van der Waals surface area (Å²) in [5, 5.41) is 15.1. The molecule has 8 heteroatoms. The number of aromatic carboxylic acids is 1. The molecule has 0 unspecified atom stereocenters. The van der Waals surface area contributed by atoms with E-state index >= 15 is 0 Å². The van der Waals surface area contributed by atoms with Gasteiger partial charge in [0.1, 0.15) is 0 Å². The van der Waals surface area contributed by atoms with Crippen LogP contribution in [0.25, 0.3) is 11.0 Å². The number of aromatic nitrogens is 3. The summed E-state index contributed by atoms with van der Waals surface area (Å²) >= 11 is 0. The third-order valence-electron chi connectivity index (χ3n) is 6.55. The van der Waals surface area contributed by atoms with Crippen LogP contribution in [0.3, 0.4) is 0 Å². The first kappa shape index (κ1) is 17.9. The number of hydrogen-bond acceptors (Lipinski definition) is 6. The summed E-state index contributed by atoms with van der Waals surface area (Å²) in [6, 6.07) is 2.68. The summed E-state index contributed by atoms with van der Waals surface area (Å²) in [6.45, 7) is 5.54. The van der Waals surface area contributed by atoms with Crippen molar-refractivity contribution in [2.45, 2.75) is 44.2 Å². The molecule has 2 aromatic rings. The lowest BCUT2D eigenvalue weighted by atomic mass is 9.93. The highest BCUT2D eigenvalue weighted by Gasteiger charge is 2.29. The summed E-state index contributed by atoms with van der Waals surface area (Å²) in [7, 11) is 0. The molecule has 1 N–H and O–H groups in total. The molecular weight excluding hydrogens is 358 g/mol. The largest absolute Gasteiger partial charge is 0.477 e. The van der Waals surface area contributed by atoms with Crippen LogP contribution in [-0.4, -0.2) is 76.2 Å². The van der Waals surface area contributed by atoms with Crippen molar-refractivity contribution in [3.8, 4) is 0 Å². The highest BCUT2D eigenvalue weighted by molar-refractivity contribution is 5.96. The molecule has 3 aliphatic rings. The van der Waals surface area contributed by atoms with Crippen LogP contribution in [0.2, 0.25) is 0 Å². The maximum absolute atomic E-state index is 11.7. The molecule has 150 valence electrons. The van der Waals surface area contributed by atoms with Gasteiger partial charge in [-0.05, 0) is 38.2 Å². The van der Waals surface area contributed by atoms with Crippen LogP contribution in [0, 0.1) is 0 Å². The summed E-state index contributed by atoms with van der Waals surface area (Å²) in [5.41, 5.74) is 1.79. The fourth-order valence-corrected chi connectivity index (χ4v) is 4.69. The molecule has 0 spiro atoms. The number of anilines is 1. The van der Waals surface area contributed by atoms with E-state index in [9.17, 15) is 9.90 Å². The van der Waals surface area contributed by atoms with Gasteiger partial charge in [0.2, 0.25) is 0 Å². The molecule has 8 nitrogen and oxygen atoms in total. The topological polar surface area (TPSA) is 83.7 Å². The average molecular weight is 385 g/mol. The highest BCUT2D eigenvalue weighted by atomic mass is 16.5. The second-order valence-corrected chi connectivity index (χ2v) is 8.11. The number of carbonyl (C=O) groups is 1. The monoisotopic (exact) mass is 385 g/mol. The van der Waals surface area contributed by atoms with Crippen LogP contribution in [0.5, 0.6) is 0 Å². The molecule has 1 saturated carbocycles. The lowest BCUT2D eigenvalue weighted by Gasteiger charge is -2.41. The quantitative estimate of drug-likeness (QED) is 0.863. The van der Waals surface area contributed by atoms with Crippen molar-refractivity contribution in [3.05, 3.63) is 18.0 Å². The van der Waals surface area contributed by atoms with E-state index in [2.05, 4.69) is 19.9 Å². The zero-order valence-electron chi connectivity index (χ0n) is 16.1. The van der Waals surface area contributed by atoms with E-state index < -0.39 is 5.97 Å². The zero-order valence-corrected chi connectivity index (χ0v) is 16.1. The SMILES string of the molecule is O=C(O)c1cc(N2CCC(N3CCOCC3)CC2)c2cnn(C3CCC3)c2n1. The second kappa shape index (κ2) is 7.33. The van der Waals surface area contributed by atoms with Crippen molar-refractivity contribution < 1.29 is 14.6 Å². The highest BCUT2D eigenvalue weighted by Crippen LogP contribution is 2.36. The minimum Gasteiger partial charge on any atom is -0.477 e. The van der Waals surface area contributed by atoms with Crippen molar-refractivity contribution >= 4 is 22.7 Å². The molecule has 0 radical (unpaired) electrons. The van der Waals surface area contributed by atoms with Gasteiger partial charge in [-0.15, -0.1) is 0 Å². The van der Waals surface area contributed by atoms with Gasteiger partial charge in [0.05, 0.1) is 36.5 Å². The first-order chi connectivity index (χ1) is 13.7. The van der Waals surface area contributed by atoms with Crippen molar-refractivity contribution in [2.75, 3.05) is 44.3 Å². The van der Waals surface area contributed by atoms with Crippen LogP contribution in [0.15, 0.2) is 12.3 Å². The summed E-state index contributed by atoms with van der Waals surface area (Å²) in [5.74, 6) is -0.979. The maximum atomic E-state index is 11.7. The number of pyridine rings is 1. The lowest BCUT2D eigenvalue weighted by molar-refractivity contribution is 0.0115. The van der Waals surface area contributed by atoms with Crippen molar-refractivity contribution in [1.29, 1.82) is 0 Å². The molecule has 0 amide bonds. The van der Waals surface area contributed by atoms with E-state index in [0.717, 1.165) is 81.8 Å². The average Bonchev–Trinajstić information content (AvgIpc) is 3.10. The zero-order chi connectivity index (χ0) is 19.1. The van der Waals surface area contributed by atoms with E-state index in [1.165, 1.54) is 6.42 Å². The molecule has 5 rings (SSSR count). The molecule has 3 fully saturated rings. The summed E-state index contributed by atoms with van der Waals surface area (Å²) in [6.07, 6.45) is 7.43. The Bertz CT molecular complexity index is 864. The molecule has 1 aliphatic carbocycles. The second-order valence-electron chi connectivity index (χ2n) is 8.11. The van der Waals surface area contributed by atoms with Crippen LogP contribution < -0.4 is 4.90 Å². The van der Waals surface area contributed by atoms with Gasteiger partial charge in [-0.25, -0.2) is 14.5 Å². The Morgan fingerprint density at radius 2 is 1.82 bits per heavy atom. The van der Waals surface area contributed by atoms with Crippen LogP contribution in [-0.2, 0) is 4.74 Å². The third-order valence-corrected chi connectivity index (χ3v) is 6.55. The van der Waals surface area contributed by atoms with E-state index in [0.29, 0.717) is 12.1 Å². The Kier molecular flexibility index (Phi) is 4.68. The predicted molar refractivity (Wildman–Crippen MR) is 105 cm³/mol.